The summed E-state index contributed by atoms with van der Waals surface area (Å²) in [7, 11) is 1.55. The maximum absolute atomic E-state index is 11.3. The first-order chi connectivity index (χ1) is 9.61. The minimum Gasteiger partial charge on any atom is -0.495 e. The summed E-state index contributed by atoms with van der Waals surface area (Å²) in [5.41, 5.74) is 12.8. The Balaban J connectivity index is 2.13. The Labute approximate surface area is 117 Å². The summed E-state index contributed by atoms with van der Waals surface area (Å²) < 4.78 is 10.7. The highest BCUT2D eigenvalue weighted by atomic mass is 16.5. The van der Waals surface area contributed by atoms with Crippen molar-refractivity contribution in [2.75, 3.05) is 12.8 Å². The van der Waals surface area contributed by atoms with Crippen LogP contribution in [0.15, 0.2) is 42.5 Å². The standard InChI is InChI=1S/C15H16N2O3/c1-19-14-7-6-11(8-13(14)16)20-9-10-4-2-3-5-12(10)15(17)18/h2-8H,9,16H2,1H3,(H2,17,18). The molecule has 0 aliphatic carbocycles. The SMILES string of the molecule is COc1ccc(OCc2ccccc2C(N)=O)cc1N. The first-order valence-corrected chi connectivity index (χ1v) is 6.06. The zero-order valence-corrected chi connectivity index (χ0v) is 11.1. The molecule has 4 N–H and O–H groups in total. The molecule has 20 heavy (non-hydrogen) atoms. The summed E-state index contributed by atoms with van der Waals surface area (Å²) in [5, 5.41) is 0. The monoisotopic (exact) mass is 272 g/mol. The van der Waals surface area contributed by atoms with Gasteiger partial charge in [-0.2, -0.15) is 0 Å². The maximum Gasteiger partial charge on any atom is 0.249 e. The largest absolute Gasteiger partial charge is 0.495 e. The van der Waals surface area contributed by atoms with Gasteiger partial charge in [-0.3, -0.25) is 4.79 Å². The molecule has 0 unspecified atom stereocenters. The molecule has 1 amide bonds. The van der Waals surface area contributed by atoms with Gasteiger partial charge < -0.3 is 20.9 Å². The minimum atomic E-state index is -0.474. The molecule has 0 radical (unpaired) electrons. The van der Waals surface area contributed by atoms with E-state index < -0.39 is 5.91 Å². The fraction of sp³-hybridized carbons (Fsp3) is 0.133. The Morgan fingerprint density at radius 1 is 1.20 bits per heavy atom. The highest BCUT2D eigenvalue weighted by Crippen LogP contribution is 2.26. The van der Waals surface area contributed by atoms with E-state index in [0.29, 0.717) is 22.7 Å². The zero-order chi connectivity index (χ0) is 14.5. The van der Waals surface area contributed by atoms with Gasteiger partial charge in [0.1, 0.15) is 18.1 Å². The molecule has 0 aliphatic heterocycles. The number of carbonyl (C=O) groups excluding carboxylic acids is 1. The van der Waals surface area contributed by atoms with Crippen molar-refractivity contribution in [1.82, 2.24) is 0 Å². The molecule has 0 spiro atoms. The molecule has 0 saturated carbocycles. The summed E-state index contributed by atoms with van der Waals surface area (Å²) in [6.45, 7) is 0.241. The second kappa shape index (κ2) is 5.97. The number of primary amides is 1. The fourth-order valence-electron chi connectivity index (χ4n) is 1.85. The molecular formula is C15H16N2O3. The minimum absolute atomic E-state index is 0.241. The summed E-state index contributed by atoms with van der Waals surface area (Å²) in [5.74, 6) is 0.718. The third-order valence-corrected chi connectivity index (χ3v) is 2.88. The Kier molecular flexibility index (Phi) is 4.10. The predicted molar refractivity (Wildman–Crippen MR) is 76.7 cm³/mol. The average Bonchev–Trinajstić information content (AvgIpc) is 2.45. The molecule has 0 aliphatic rings. The Morgan fingerprint density at radius 2 is 1.95 bits per heavy atom. The lowest BCUT2D eigenvalue weighted by atomic mass is 10.1. The van der Waals surface area contributed by atoms with Crippen LogP contribution < -0.4 is 20.9 Å². The van der Waals surface area contributed by atoms with E-state index in [9.17, 15) is 4.79 Å². The number of nitrogens with two attached hydrogens (primary N) is 2. The van der Waals surface area contributed by atoms with Crippen molar-refractivity contribution in [2.45, 2.75) is 6.61 Å². The second-order valence-electron chi connectivity index (χ2n) is 4.21. The van der Waals surface area contributed by atoms with E-state index in [4.69, 9.17) is 20.9 Å². The summed E-state index contributed by atoms with van der Waals surface area (Å²) in [6, 6.07) is 12.2. The molecule has 104 valence electrons. The summed E-state index contributed by atoms with van der Waals surface area (Å²) >= 11 is 0. The van der Waals surface area contributed by atoms with Crippen molar-refractivity contribution in [1.29, 1.82) is 0 Å². The van der Waals surface area contributed by atoms with Gasteiger partial charge in [0.05, 0.1) is 12.8 Å². The van der Waals surface area contributed by atoms with Crippen LogP contribution in [-0.2, 0) is 6.61 Å². The predicted octanol–water partition coefficient (Wildman–Crippen LogP) is 1.96. The maximum atomic E-state index is 11.3. The lowest BCUT2D eigenvalue weighted by Gasteiger charge is -2.11. The first kappa shape index (κ1) is 13.7. The Bertz CT molecular complexity index is 626. The van der Waals surface area contributed by atoms with Crippen molar-refractivity contribution >= 4 is 11.6 Å². The van der Waals surface area contributed by atoms with Gasteiger partial charge in [0, 0.05) is 17.2 Å². The topological polar surface area (TPSA) is 87.6 Å². The molecule has 0 fully saturated rings. The third-order valence-electron chi connectivity index (χ3n) is 2.88. The number of methoxy groups -OCH3 is 1. The number of hydrogen-bond donors (Lipinski definition) is 2. The van der Waals surface area contributed by atoms with Crippen LogP contribution in [0.3, 0.4) is 0 Å². The summed E-state index contributed by atoms with van der Waals surface area (Å²) in [6.07, 6.45) is 0. The number of ether oxygens (including phenoxy) is 2. The quantitative estimate of drug-likeness (QED) is 0.814. The Morgan fingerprint density at radius 3 is 2.60 bits per heavy atom. The highest BCUT2D eigenvalue weighted by molar-refractivity contribution is 5.94. The number of benzene rings is 2. The molecule has 0 heterocycles. The lowest BCUT2D eigenvalue weighted by molar-refractivity contribution is 0.0998. The van der Waals surface area contributed by atoms with Crippen molar-refractivity contribution in [3.63, 3.8) is 0 Å². The van der Waals surface area contributed by atoms with Crippen LogP contribution in [0.25, 0.3) is 0 Å². The van der Waals surface area contributed by atoms with Crippen molar-refractivity contribution < 1.29 is 14.3 Å². The van der Waals surface area contributed by atoms with Crippen LogP contribution in [0.4, 0.5) is 5.69 Å². The number of carbonyl (C=O) groups is 1. The van der Waals surface area contributed by atoms with Gasteiger partial charge >= 0.3 is 0 Å². The number of rotatable bonds is 5. The van der Waals surface area contributed by atoms with E-state index in [0.717, 1.165) is 5.56 Å². The van der Waals surface area contributed by atoms with Crippen LogP contribution in [0.1, 0.15) is 15.9 Å². The molecule has 2 aromatic carbocycles. The van der Waals surface area contributed by atoms with Gasteiger partial charge in [0.2, 0.25) is 5.91 Å². The molecule has 5 nitrogen and oxygen atoms in total. The van der Waals surface area contributed by atoms with Gasteiger partial charge in [-0.15, -0.1) is 0 Å². The van der Waals surface area contributed by atoms with Gasteiger partial charge in [0.25, 0.3) is 0 Å². The van der Waals surface area contributed by atoms with Crippen molar-refractivity contribution in [2.24, 2.45) is 5.73 Å². The smallest absolute Gasteiger partial charge is 0.249 e. The van der Waals surface area contributed by atoms with Crippen molar-refractivity contribution in [3.8, 4) is 11.5 Å². The molecular weight excluding hydrogens is 256 g/mol. The fourth-order valence-corrected chi connectivity index (χ4v) is 1.85. The van der Waals surface area contributed by atoms with E-state index in [1.54, 1.807) is 43.5 Å². The molecule has 2 rings (SSSR count). The van der Waals surface area contributed by atoms with Gasteiger partial charge in [-0.05, 0) is 18.2 Å². The van der Waals surface area contributed by atoms with Crippen LogP contribution in [-0.4, -0.2) is 13.0 Å². The first-order valence-electron chi connectivity index (χ1n) is 6.06. The second-order valence-corrected chi connectivity index (χ2v) is 4.21. The van der Waals surface area contributed by atoms with E-state index >= 15 is 0 Å². The zero-order valence-electron chi connectivity index (χ0n) is 11.1. The molecule has 2 aromatic rings. The van der Waals surface area contributed by atoms with Crippen LogP contribution >= 0.6 is 0 Å². The molecule has 5 heteroatoms. The van der Waals surface area contributed by atoms with Crippen LogP contribution in [0, 0.1) is 0 Å². The molecule has 0 atom stereocenters. The normalized spacial score (nSPS) is 10.1. The van der Waals surface area contributed by atoms with Gasteiger partial charge in [-0.25, -0.2) is 0 Å². The van der Waals surface area contributed by atoms with Crippen LogP contribution in [0.2, 0.25) is 0 Å². The lowest BCUT2D eigenvalue weighted by Crippen LogP contribution is -2.14. The third kappa shape index (κ3) is 3.00. The number of hydrogen-bond acceptors (Lipinski definition) is 4. The van der Waals surface area contributed by atoms with E-state index in [2.05, 4.69) is 0 Å². The summed E-state index contributed by atoms with van der Waals surface area (Å²) in [4.78, 5) is 11.3. The highest BCUT2D eigenvalue weighted by Gasteiger charge is 2.08. The van der Waals surface area contributed by atoms with E-state index in [-0.39, 0.29) is 6.61 Å². The molecule has 0 bridgehead atoms. The number of nitrogen functional groups attached to an aromatic ring is 1. The van der Waals surface area contributed by atoms with Gasteiger partial charge in [0.15, 0.2) is 0 Å². The Hall–Kier alpha value is -2.69. The van der Waals surface area contributed by atoms with E-state index in [1.165, 1.54) is 0 Å². The van der Waals surface area contributed by atoms with Crippen molar-refractivity contribution in [3.05, 3.63) is 53.6 Å². The average molecular weight is 272 g/mol. The molecule has 0 aromatic heterocycles. The van der Waals surface area contributed by atoms with Crippen LogP contribution in [0.5, 0.6) is 11.5 Å². The number of amides is 1. The number of anilines is 1. The molecule has 0 saturated heterocycles. The van der Waals surface area contributed by atoms with E-state index in [1.807, 2.05) is 6.07 Å². The van der Waals surface area contributed by atoms with Gasteiger partial charge in [-0.1, -0.05) is 18.2 Å².